The Morgan fingerprint density at radius 2 is 1.44 bits per heavy atom. The summed E-state index contributed by atoms with van der Waals surface area (Å²) < 4.78 is 5.42. The van der Waals surface area contributed by atoms with Gasteiger partial charge < -0.3 is 15.4 Å². The Morgan fingerprint density at radius 1 is 0.781 bits per heavy atom. The third-order valence-corrected chi connectivity index (χ3v) is 6.72. The molecule has 1 aliphatic heterocycles. The van der Waals surface area contributed by atoms with Gasteiger partial charge in [-0.2, -0.15) is 11.8 Å². The summed E-state index contributed by atoms with van der Waals surface area (Å²) >= 11 is 1.95. The Hall–Kier alpha value is -3.09. The molecule has 5 nitrogen and oxygen atoms in total. The van der Waals surface area contributed by atoms with E-state index in [2.05, 4.69) is 16.7 Å². The number of carbonyl (C=O) groups is 2. The van der Waals surface area contributed by atoms with Crippen molar-refractivity contribution in [3.05, 3.63) is 95.6 Å². The van der Waals surface area contributed by atoms with Gasteiger partial charge in [0.15, 0.2) is 0 Å². The second-order valence-corrected chi connectivity index (χ2v) is 8.96. The first kappa shape index (κ1) is 22.1. The van der Waals surface area contributed by atoms with E-state index >= 15 is 0 Å². The van der Waals surface area contributed by atoms with E-state index in [0.29, 0.717) is 22.1 Å². The van der Waals surface area contributed by atoms with Crippen LogP contribution in [-0.2, 0) is 10.5 Å². The molecule has 0 aliphatic carbocycles. The van der Waals surface area contributed by atoms with Crippen LogP contribution in [0.25, 0.3) is 0 Å². The van der Waals surface area contributed by atoms with Crippen molar-refractivity contribution in [1.82, 2.24) is 0 Å². The van der Waals surface area contributed by atoms with Gasteiger partial charge in [0.1, 0.15) is 0 Å². The minimum Gasteiger partial charge on any atom is -0.381 e. The third-order valence-electron chi connectivity index (χ3n) is 5.28. The van der Waals surface area contributed by atoms with Gasteiger partial charge in [-0.25, -0.2) is 0 Å². The Bertz CT molecular complexity index is 1050. The van der Waals surface area contributed by atoms with Crippen LogP contribution in [0.15, 0.2) is 78.9 Å². The monoisotopic (exact) mass is 446 g/mol. The third kappa shape index (κ3) is 6.22. The van der Waals surface area contributed by atoms with Crippen LogP contribution in [0.2, 0.25) is 0 Å². The number of hydrogen-bond donors (Lipinski definition) is 2. The number of hydrogen-bond acceptors (Lipinski definition) is 4. The summed E-state index contributed by atoms with van der Waals surface area (Å²) in [4.78, 5) is 24.9. The van der Waals surface area contributed by atoms with Gasteiger partial charge in [-0.1, -0.05) is 30.3 Å². The predicted molar refractivity (Wildman–Crippen MR) is 130 cm³/mol. The van der Waals surface area contributed by atoms with Gasteiger partial charge in [-0.05, 0) is 66.9 Å². The largest absolute Gasteiger partial charge is 0.381 e. The molecular weight excluding hydrogens is 420 g/mol. The van der Waals surface area contributed by atoms with E-state index in [4.69, 9.17) is 4.74 Å². The van der Waals surface area contributed by atoms with Crippen LogP contribution in [0, 0.1) is 0 Å². The van der Waals surface area contributed by atoms with Crippen molar-refractivity contribution in [3.8, 4) is 0 Å². The minimum atomic E-state index is -0.182. The zero-order valence-electron chi connectivity index (χ0n) is 17.8. The highest BCUT2D eigenvalue weighted by atomic mass is 32.2. The van der Waals surface area contributed by atoms with E-state index in [1.165, 1.54) is 5.56 Å². The standard InChI is InChI=1S/C26H26N2O3S/c29-25(20-6-2-1-3-7-20)27-22-11-9-21(10-12-22)26(30)28-23-8-4-5-19(17-23)18-32-24-13-15-31-16-14-24/h1-12,17,24H,13-16,18H2,(H,27,29)(H,28,30). The molecule has 1 heterocycles. The fourth-order valence-electron chi connectivity index (χ4n) is 3.50. The number of benzene rings is 3. The average Bonchev–Trinajstić information content (AvgIpc) is 2.84. The SMILES string of the molecule is O=C(Nc1ccc(C(=O)Nc2cccc(CSC3CCOCC3)c2)cc1)c1ccccc1. The number of rotatable bonds is 7. The van der Waals surface area contributed by atoms with E-state index in [0.717, 1.165) is 37.5 Å². The number of anilines is 2. The lowest BCUT2D eigenvalue weighted by Gasteiger charge is -2.21. The first-order chi connectivity index (χ1) is 15.7. The van der Waals surface area contributed by atoms with Crippen LogP contribution in [0.1, 0.15) is 39.1 Å². The van der Waals surface area contributed by atoms with Gasteiger partial charge in [0.2, 0.25) is 0 Å². The number of ether oxygens (including phenoxy) is 1. The zero-order chi connectivity index (χ0) is 22.2. The summed E-state index contributed by atoms with van der Waals surface area (Å²) in [5.74, 6) is 0.558. The molecule has 0 unspecified atom stereocenters. The number of amides is 2. The fourth-order valence-corrected chi connectivity index (χ4v) is 4.63. The Kier molecular flexibility index (Phi) is 7.59. The first-order valence-corrected chi connectivity index (χ1v) is 11.8. The molecule has 0 radical (unpaired) electrons. The van der Waals surface area contributed by atoms with Crippen molar-refractivity contribution in [2.75, 3.05) is 23.8 Å². The number of nitrogens with one attached hydrogen (secondary N) is 2. The molecule has 6 heteroatoms. The maximum Gasteiger partial charge on any atom is 0.255 e. The summed E-state index contributed by atoms with van der Waals surface area (Å²) in [6.45, 7) is 1.70. The van der Waals surface area contributed by atoms with Gasteiger partial charge in [0, 0.05) is 46.7 Å². The lowest BCUT2D eigenvalue weighted by Crippen LogP contribution is -2.17. The van der Waals surface area contributed by atoms with Gasteiger partial charge in [-0.15, -0.1) is 0 Å². The zero-order valence-corrected chi connectivity index (χ0v) is 18.6. The van der Waals surface area contributed by atoms with Crippen molar-refractivity contribution < 1.29 is 14.3 Å². The molecule has 0 aromatic heterocycles. The van der Waals surface area contributed by atoms with Crippen molar-refractivity contribution in [2.45, 2.75) is 23.8 Å². The van der Waals surface area contributed by atoms with Crippen LogP contribution >= 0.6 is 11.8 Å². The van der Waals surface area contributed by atoms with Crippen molar-refractivity contribution >= 4 is 35.0 Å². The average molecular weight is 447 g/mol. The van der Waals surface area contributed by atoms with Crippen LogP contribution in [0.4, 0.5) is 11.4 Å². The van der Waals surface area contributed by atoms with E-state index in [1.54, 1.807) is 36.4 Å². The molecule has 1 saturated heterocycles. The van der Waals surface area contributed by atoms with Gasteiger partial charge in [-0.3, -0.25) is 9.59 Å². The maximum absolute atomic E-state index is 12.7. The van der Waals surface area contributed by atoms with Crippen molar-refractivity contribution in [2.24, 2.45) is 0 Å². The van der Waals surface area contributed by atoms with Crippen molar-refractivity contribution in [1.29, 1.82) is 0 Å². The highest BCUT2D eigenvalue weighted by Gasteiger charge is 2.14. The van der Waals surface area contributed by atoms with Crippen LogP contribution in [0.5, 0.6) is 0 Å². The van der Waals surface area contributed by atoms with Crippen molar-refractivity contribution in [3.63, 3.8) is 0 Å². The molecule has 0 bridgehead atoms. The quantitative estimate of drug-likeness (QED) is 0.495. The topological polar surface area (TPSA) is 67.4 Å². The smallest absolute Gasteiger partial charge is 0.255 e. The fraction of sp³-hybridized carbons (Fsp3) is 0.231. The molecule has 2 N–H and O–H groups in total. The molecule has 3 aromatic rings. The van der Waals surface area contributed by atoms with Gasteiger partial charge in [0.25, 0.3) is 11.8 Å². The summed E-state index contributed by atoms with van der Waals surface area (Å²) in [7, 11) is 0. The lowest BCUT2D eigenvalue weighted by molar-refractivity contribution is 0.0999. The molecule has 0 spiro atoms. The van der Waals surface area contributed by atoms with Gasteiger partial charge in [0.05, 0.1) is 0 Å². The normalized spacial score (nSPS) is 14.0. The van der Waals surface area contributed by atoms with Crippen LogP contribution in [0.3, 0.4) is 0 Å². The summed E-state index contributed by atoms with van der Waals surface area (Å²) in [6.07, 6.45) is 2.20. The molecule has 32 heavy (non-hydrogen) atoms. The van der Waals surface area contributed by atoms with E-state index < -0.39 is 0 Å². The number of carbonyl (C=O) groups excluding carboxylic acids is 2. The summed E-state index contributed by atoms with van der Waals surface area (Å²) in [5.41, 5.74) is 3.73. The van der Waals surface area contributed by atoms with Crippen LogP contribution in [-0.4, -0.2) is 30.3 Å². The lowest BCUT2D eigenvalue weighted by atomic mass is 10.1. The molecule has 1 aliphatic rings. The molecule has 0 atom stereocenters. The molecule has 4 rings (SSSR count). The van der Waals surface area contributed by atoms with E-state index in [1.807, 2.05) is 48.2 Å². The Labute approximate surface area is 192 Å². The highest BCUT2D eigenvalue weighted by molar-refractivity contribution is 7.99. The second kappa shape index (κ2) is 11.0. The minimum absolute atomic E-state index is 0.180. The highest BCUT2D eigenvalue weighted by Crippen LogP contribution is 2.26. The first-order valence-electron chi connectivity index (χ1n) is 10.7. The molecule has 1 fully saturated rings. The molecule has 2 amide bonds. The second-order valence-electron chi connectivity index (χ2n) is 7.67. The van der Waals surface area contributed by atoms with Gasteiger partial charge >= 0.3 is 0 Å². The summed E-state index contributed by atoms with van der Waals surface area (Å²) in [5, 5.41) is 6.45. The number of thioether (sulfide) groups is 1. The maximum atomic E-state index is 12.7. The Morgan fingerprint density at radius 3 is 2.16 bits per heavy atom. The Balaban J connectivity index is 1.32. The molecular formula is C26H26N2O3S. The van der Waals surface area contributed by atoms with E-state index in [9.17, 15) is 9.59 Å². The molecule has 164 valence electrons. The predicted octanol–water partition coefficient (Wildman–Crippen LogP) is 5.60. The van der Waals surface area contributed by atoms with E-state index in [-0.39, 0.29) is 11.8 Å². The molecule has 3 aromatic carbocycles. The summed E-state index contributed by atoms with van der Waals surface area (Å²) in [6, 6.07) is 23.9. The molecule has 0 saturated carbocycles. The van der Waals surface area contributed by atoms with Crippen LogP contribution < -0.4 is 10.6 Å².